The first-order chi connectivity index (χ1) is 6.93. The number of hydrogen-bond donors (Lipinski definition) is 0. The summed E-state index contributed by atoms with van der Waals surface area (Å²) in [4.78, 5) is 0. The fourth-order valence-electron chi connectivity index (χ4n) is 1.32. The minimum absolute atomic E-state index is 0.834. The maximum Gasteiger partial charge on any atom is 0.0506 e. The van der Waals surface area contributed by atoms with Crippen LogP contribution in [0.1, 0.15) is 24.8 Å². The van der Waals surface area contributed by atoms with Gasteiger partial charge in [0.1, 0.15) is 0 Å². The second kappa shape index (κ2) is 7.57. The van der Waals surface area contributed by atoms with Gasteiger partial charge in [-0.15, -0.1) is 0 Å². The Kier molecular flexibility index (Phi) is 6.09. The van der Waals surface area contributed by atoms with Crippen molar-refractivity contribution >= 4 is 0 Å². The smallest absolute Gasteiger partial charge is 0.0506 e. The highest BCUT2D eigenvalue weighted by molar-refractivity contribution is 5.14. The zero-order chi connectivity index (χ0) is 10.1. The summed E-state index contributed by atoms with van der Waals surface area (Å²) < 4.78 is 5.51. The molecular formula is C13H19O. The van der Waals surface area contributed by atoms with Crippen LogP contribution in [-0.2, 0) is 11.2 Å². The lowest BCUT2D eigenvalue weighted by molar-refractivity contribution is 0.133. The van der Waals surface area contributed by atoms with Crippen LogP contribution in [-0.4, -0.2) is 13.2 Å². The highest BCUT2D eigenvalue weighted by atomic mass is 16.5. The van der Waals surface area contributed by atoms with E-state index in [-0.39, 0.29) is 0 Å². The molecule has 77 valence electrons. The first-order valence-corrected chi connectivity index (χ1v) is 5.34. The molecule has 0 saturated carbocycles. The molecule has 0 spiro atoms. The van der Waals surface area contributed by atoms with Crippen LogP contribution < -0.4 is 0 Å². The Labute approximate surface area is 87.1 Å². The molecule has 0 unspecified atom stereocenters. The van der Waals surface area contributed by atoms with Gasteiger partial charge in [-0.3, -0.25) is 0 Å². The van der Waals surface area contributed by atoms with E-state index in [0.29, 0.717) is 0 Å². The lowest BCUT2D eigenvalue weighted by Crippen LogP contribution is -2.00. The average molecular weight is 191 g/mol. The molecule has 0 aliphatic rings. The molecule has 0 aliphatic carbocycles. The molecule has 0 bridgehead atoms. The van der Waals surface area contributed by atoms with Gasteiger partial charge < -0.3 is 4.74 Å². The molecule has 14 heavy (non-hydrogen) atoms. The molecule has 0 aliphatic heterocycles. The van der Waals surface area contributed by atoms with Gasteiger partial charge in [0.25, 0.3) is 0 Å². The monoisotopic (exact) mass is 191 g/mol. The second-order valence-electron chi connectivity index (χ2n) is 3.41. The summed E-state index contributed by atoms with van der Waals surface area (Å²) in [5.41, 5.74) is 1.35. The van der Waals surface area contributed by atoms with E-state index in [4.69, 9.17) is 4.74 Å². The fraction of sp³-hybridized carbons (Fsp3) is 0.462. The first kappa shape index (κ1) is 11.3. The summed E-state index contributed by atoms with van der Waals surface area (Å²) >= 11 is 0. The van der Waals surface area contributed by atoms with E-state index in [1.165, 1.54) is 12.0 Å². The van der Waals surface area contributed by atoms with Crippen molar-refractivity contribution in [1.29, 1.82) is 0 Å². The average Bonchev–Trinajstić information content (AvgIpc) is 2.25. The first-order valence-electron chi connectivity index (χ1n) is 5.34. The maximum absolute atomic E-state index is 5.51. The van der Waals surface area contributed by atoms with E-state index in [0.717, 1.165) is 32.5 Å². The minimum atomic E-state index is 0.834. The number of unbranched alkanes of at least 4 members (excludes halogenated alkanes) is 2. The van der Waals surface area contributed by atoms with Crippen LogP contribution in [0.2, 0.25) is 0 Å². The van der Waals surface area contributed by atoms with E-state index in [1.807, 2.05) is 6.07 Å². The summed E-state index contributed by atoms with van der Waals surface area (Å²) in [6, 6.07) is 10.5. The summed E-state index contributed by atoms with van der Waals surface area (Å²) in [6.07, 6.45) is 4.34. The third-order valence-corrected chi connectivity index (χ3v) is 2.17. The molecule has 0 N–H and O–H groups in total. The van der Waals surface area contributed by atoms with Gasteiger partial charge in [0.2, 0.25) is 0 Å². The number of ether oxygens (including phenoxy) is 1. The van der Waals surface area contributed by atoms with Crippen LogP contribution >= 0.6 is 0 Å². The zero-order valence-corrected chi connectivity index (χ0v) is 8.74. The van der Waals surface area contributed by atoms with Gasteiger partial charge in [-0.25, -0.2) is 0 Å². The quantitative estimate of drug-likeness (QED) is 0.601. The van der Waals surface area contributed by atoms with Gasteiger partial charge in [-0.05, 0) is 18.4 Å². The number of rotatable bonds is 7. The van der Waals surface area contributed by atoms with E-state index in [2.05, 4.69) is 31.2 Å². The highest BCUT2D eigenvalue weighted by Crippen LogP contribution is 2.00. The third-order valence-electron chi connectivity index (χ3n) is 2.17. The van der Waals surface area contributed by atoms with E-state index < -0.39 is 0 Å². The molecule has 1 nitrogen and oxygen atoms in total. The fourth-order valence-corrected chi connectivity index (χ4v) is 1.32. The molecule has 0 amide bonds. The third kappa shape index (κ3) is 5.03. The molecule has 0 aromatic heterocycles. The largest absolute Gasteiger partial charge is 0.381 e. The molecule has 0 heterocycles. The summed E-state index contributed by atoms with van der Waals surface area (Å²) in [5, 5.41) is 0. The second-order valence-corrected chi connectivity index (χ2v) is 3.41. The Morgan fingerprint density at radius 1 is 1.00 bits per heavy atom. The van der Waals surface area contributed by atoms with Crippen LogP contribution in [0.15, 0.2) is 30.3 Å². The minimum Gasteiger partial charge on any atom is -0.381 e. The highest BCUT2D eigenvalue weighted by Gasteiger charge is 1.91. The molecule has 1 radical (unpaired) electrons. The molecule has 1 aromatic rings. The van der Waals surface area contributed by atoms with Crippen molar-refractivity contribution in [3.8, 4) is 0 Å². The van der Waals surface area contributed by atoms with Gasteiger partial charge in [0.05, 0.1) is 6.61 Å². The lowest BCUT2D eigenvalue weighted by Gasteiger charge is -2.03. The Morgan fingerprint density at radius 3 is 2.50 bits per heavy atom. The summed E-state index contributed by atoms with van der Waals surface area (Å²) in [7, 11) is 0. The molecule has 0 saturated heterocycles. The number of hydrogen-bond acceptors (Lipinski definition) is 1. The van der Waals surface area contributed by atoms with Crippen molar-refractivity contribution in [3.05, 3.63) is 42.8 Å². The van der Waals surface area contributed by atoms with Crippen molar-refractivity contribution in [2.24, 2.45) is 0 Å². The molecule has 0 fully saturated rings. The van der Waals surface area contributed by atoms with E-state index in [9.17, 15) is 0 Å². The number of benzene rings is 1. The zero-order valence-electron chi connectivity index (χ0n) is 8.74. The summed E-state index contributed by atoms with van der Waals surface area (Å²) in [5.74, 6) is 0. The van der Waals surface area contributed by atoms with Crippen LogP contribution in [0.3, 0.4) is 0 Å². The lowest BCUT2D eigenvalue weighted by atomic mass is 10.2. The SMILES string of the molecule is [CH2]CCCCOCCc1ccccc1. The van der Waals surface area contributed by atoms with Crippen LogP contribution in [0.4, 0.5) is 0 Å². The maximum atomic E-state index is 5.51. The van der Waals surface area contributed by atoms with Crippen molar-refractivity contribution in [3.63, 3.8) is 0 Å². The molecule has 1 rings (SSSR count). The van der Waals surface area contributed by atoms with Gasteiger partial charge >= 0.3 is 0 Å². The van der Waals surface area contributed by atoms with Gasteiger partial charge in [-0.2, -0.15) is 0 Å². The Bertz CT molecular complexity index is 218. The Balaban J connectivity index is 1.99. The standard InChI is InChI=1S/C13H19O/c1-2-3-7-11-14-12-10-13-8-5-4-6-9-13/h4-6,8-9H,1-3,7,10-12H2. The molecule has 1 heteroatoms. The topological polar surface area (TPSA) is 9.23 Å². The van der Waals surface area contributed by atoms with Crippen LogP contribution in [0.25, 0.3) is 0 Å². The van der Waals surface area contributed by atoms with Crippen molar-refractivity contribution in [1.82, 2.24) is 0 Å². The Hall–Kier alpha value is -0.820. The van der Waals surface area contributed by atoms with Crippen LogP contribution in [0, 0.1) is 6.92 Å². The molecular weight excluding hydrogens is 172 g/mol. The van der Waals surface area contributed by atoms with Crippen LogP contribution in [0.5, 0.6) is 0 Å². The van der Waals surface area contributed by atoms with Crippen molar-refractivity contribution in [2.75, 3.05) is 13.2 Å². The Morgan fingerprint density at radius 2 is 1.79 bits per heavy atom. The molecule has 1 aromatic carbocycles. The van der Waals surface area contributed by atoms with Crippen molar-refractivity contribution in [2.45, 2.75) is 25.7 Å². The van der Waals surface area contributed by atoms with Gasteiger partial charge in [0, 0.05) is 6.61 Å². The molecule has 0 atom stereocenters. The normalized spacial score (nSPS) is 10.4. The van der Waals surface area contributed by atoms with E-state index in [1.54, 1.807) is 0 Å². The summed E-state index contributed by atoms with van der Waals surface area (Å²) in [6.45, 7) is 5.51. The predicted molar refractivity (Wildman–Crippen MR) is 60.2 cm³/mol. The van der Waals surface area contributed by atoms with Gasteiger partial charge in [0.15, 0.2) is 0 Å². The van der Waals surface area contributed by atoms with Crippen molar-refractivity contribution < 1.29 is 4.74 Å². The predicted octanol–water partition coefficient (Wildman–Crippen LogP) is 3.25. The van der Waals surface area contributed by atoms with E-state index >= 15 is 0 Å². The van der Waals surface area contributed by atoms with Gasteiger partial charge in [-0.1, -0.05) is 50.1 Å².